The smallest absolute Gasteiger partial charge is 0.417 e. The molecule has 6 heteroatoms. The molecule has 0 unspecified atom stereocenters. The predicted octanol–water partition coefficient (Wildman–Crippen LogP) is 2.67. The molecular formula is C11H13BrN2O3. The molecule has 2 heterocycles. The molecule has 1 aliphatic heterocycles. The number of nitrogens with one attached hydrogen (secondary N) is 1. The van der Waals surface area contributed by atoms with Crippen LogP contribution in [0.1, 0.15) is 36.7 Å². The summed E-state index contributed by atoms with van der Waals surface area (Å²) in [6.45, 7) is 5.54. The van der Waals surface area contributed by atoms with E-state index in [1.54, 1.807) is 27.0 Å². The Kier molecular flexibility index (Phi) is 2.77. The summed E-state index contributed by atoms with van der Waals surface area (Å²) in [5, 5.41) is 0. The molecule has 2 rings (SSSR count). The number of rotatable bonds is 0. The molecule has 0 aromatic carbocycles. The largest absolute Gasteiger partial charge is 0.443 e. The second-order valence-corrected chi connectivity index (χ2v) is 5.66. The zero-order chi connectivity index (χ0) is 12.8. The lowest BCUT2D eigenvalue weighted by atomic mass is 10.2. The van der Waals surface area contributed by atoms with Gasteiger partial charge >= 0.3 is 6.09 Å². The van der Waals surface area contributed by atoms with Gasteiger partial charge in [0.1, 0.15) is 5.60 Å². The maximum absolute atomic E-state index is 11.9. The summed E-state index contributed by atoms with van der Waals surface area (Å²) in [6.07, 6.45) is 0.983. The minimum atomic E-state index is -0.606. The van der Waals surface area contributed by atoms with Crippen molar-refractivity contribution >= 4 is 27.9 Å². The minimum Gasteiger partial charge on any atom is -0.443 e. The van der Waals surface area contributed by atoms with Crippen molar-refractivity contribution < 1.29 is 14.3 Å². The summed E-state index contributed by atoms with van der Waals surface area (Å²) >= 11 is 3.30. The van der Waals surface area contributed by atoms with Crippen LogP contribution in [0.15, 0.2) is 10.8 Å². The Labute approximate surface area is 107 Å². The number of ether oxygens (including phenoxy) is 1. The predicted molar refractivity (Wildman–Crippen MR) is 64.6 cm³/mol. The van der Waals surface area contributed by atoms with Gasteiger partial charge in [0.15, 0.2) is 0 Å². The number of carbonyl (C=O) groups is 2. The van der Waals surface area contributed by atoms with Crippen molar-refractivity contribution in [3.05, 3.63) is 21.9 Å². The van der Waals surface area contributed by atoms with Gasteiger partial charge in [0.05, 0.1) is 16.7 Å². The Bertz CT molecular complexity index is 487. The Hall–Kier alpha value is -1.30. The van der Waals surface area contributed by atoms with Crippen LogP contribution in [0.3, 0.4) is 0 Å². The summed E-state index contributed by atoms with van der Waals surface area (Å²) in [6, 6.07) is 0. The van der Waals surface area contributed by atoms with Crippen LogP contribution in [-0.2, 0) is 11.3 Å². The first-order chi connectivity index (χ1) is 7.79. The van der Waals surface area contributed by atoms with E-state index in [4.69, 9.17) is 4.74 Å². The van der Waals surface area contributed by atoms with Gasteiger partial charge in [-0.15, -0.1) is 0 Å². The van der Waals surface area contributed by atoms with Crippen molar-refractivity contribution in [2.45, 2.75) is 32.9 Å². The third-order valence-corrected chi connectivity index (χ3v) is 3.05. The Balaban J connectivity index is 2.18. The molecule has 1 N–H and O–H groups in total. The normalized spacial score (nSPS) is 15.1. The number of halogens is 1. The van der Waals surface area contributed by atoms with Crippen LogP contribution < -0.4 is 0 Å². The molecule has 1 aromatic heterocycles. The van der Waals surface area contributed by atoms with Crippen molar-refractivity contribution in [2.75, 3.05) is 0 Å². The van der Waals surface area contributed by atoms with Gasteiger partial charge < -0.3 is 9.72 Å². The van der Waals surface area contributed by atoms with Crippen molar-refractivity contribution in [1.82, 2.24) is 9.88 Å². The van der Waals surface area contributed by atoms with Gasteiger partial charge in [-0.1, -0.05) is 0 Å². The third kappa shape index (κ3) is 2.22. The van der Waals surface area contributed by atoms with Crippen LogP contribution in [0.4, 0.5) is 4.79 Å². The van der Waals surface area contributed by atoms with Crippen molar-refractivity contribution in [3.8, 4) is 0 Å². The molecule has 0 radical (unpaired) electrons. The van der Waals surface area contributed by atoms with Crippen LogP contribution in [0.25, 0.3) is 0 Å². The van der Waals surface area contributed by atoms with Gasteiger partial charge in [0.2, 0.25) is 0 Å². The second kappa shape index (κ2) is 3.87. The fourth-order valence-corrected chi connectivity index (χ4v) is 2.07. The highest BCUT2D eigenvalue weighted by atomic mass is 79.9. The molecule has 0 saturated carbocycles. The Morgan fingerprint density at radius 3 is 2.71 bits per heavy atom. The zero-order valence-corrected chi connectivity index (χ0v) is 11.4. The van der Waals surface area contributed by atoms with Crippen molar-refractivity contribution in [2.24, 2.45) is 0 Å². The number of carbonyl (C=O) groups excluding carboxylic acids is 2. The lowest BCUT2D eigenvalue weighted by Gasteiger charge is -2.23. The highest BCUT2D eigenvalue weighted by molar-refractivity contribution is 9.10. The SMILES string of the molecule is CC(C)(C)OC(=O)N1Cc2c(c[nH]c2Br)C1=O. The lowest BCUT2D eigenvalue weighted by Crippen LogP contribution is -2.37. The molecule has 0 bridgehead atoms. The average molecular weight is 301 g/mol. The zero-order valence-electron chi connectivity index (χ0n) is 9.83. The number of amides is 2. The summed E-state index contributed by atoms with van der Waals surface area (Å²) in [7, 11) is 0. The van der Waals surface area contributed by atoms with Gasteiger partial charge in [-0.3, -0.25) is 4.79 Å². The maximum atomic E-state index is 11.9. The van der Waals surface area contributed by atoms with E-state index in [1.165, 1.54) is 0 Å². The van der Waals surface area contributed by atoms with E-state index in [1.807, 2.05) is 0 Å². The number of hydrogen-bond donors (Lipinski definition) is 1. The topological polar surface area (TPSA) is 62.4 Å². The Morgan fingerprint density at radius 1 is 1.53 bits per heavy atom. The summed E-state index contributed by atoms with van der Waals surface area (Å²) in [4.78, 5) is 27.7. The van der Waals surface area contributed by atoms with Crippen LogP contribution in [0.2, 0.25) is 0 Å². The monoisotopic (exact) mass is 300 g/mol. The van der Waals surface area contributed by atoms with E-state index in [-0.39, 0.29) is 12.5 Å². The highest BCUT2D eigenvalue weighted by Gasteiger charge is 2.36. The molecule has 0 fully saturated rings. The molecule has 1 aromatic rings. The van der Waals surface area contributed by atoms with Crippen LogP contribution in [-0.4, -0.2) is 27.5 Å². The number of aromatic amines is 1. The lowest BCUT2D eigenvalue weighted by molar-refractivity contribution is 0.0247. The van der Waals surface area contributed by atoms with E-state index in [2.05, 4.69) is 20.9 Å². The summed E-state index contributed by atoms with van der Waals surface area (Å²) in [5.41, 5.74) is 0.705. The first-order valence-corrected chi connectivity index (χ1v) is 5.99. The van der Waals surface area contributed by atoms with Gasteiger partial charge in [0, 0.05) is 11.8 Å². The molecule has 17 heavy (non-hydrogen) atoms. The van der Waals surface area contributed by atoms with Crippen LogP contribution >= 0.6 is 15.9 Å². The molecule has 0 spiro atoms. The number of hydrogen-bond acceptors (Lipinski definition) is 3. The summed E-state index contributed by atoms with van der Waals surface area (Å²) in [5.74, 6) is -0.323. The van der Waals surface area contributed by atoms with Gasteiger partial charge in [-0.25, -0.2) is 9.69 Å². The fourth-order valence-electron chi connectivity index (χ4n) is 1.61. The average Bonchev–Trinajstić information content (AvgIpc) is 2.67. The molecule has 1 aliphatic rings. The summed E-state index contributed by atoms with van der Waals surface area (Å²) < 4.78 is 5.90. The second-order valence-electron chi connectivity index (χ2n) is 4.87. The molecule has 2 amide bonds. The molecular weight excluding hydrogens is 288 g/mol. The number of aromatic nitrogens is 1. The molecule has 92 valence electrons. The van der Waals surface area contributed by atoms with E-state index in [0.29, 0.717) is 5.56 Å². The molecule has 0 saturated heterocycles. The first-order valence-electron chi connectivity index (χ1n) is 5.20. The van der Waals surface area contributed by atoms with Crippen molar-refractivity contribution in [3.63, 3.8) is 0 Å². The standard InChI is InChI=1S/C11H13BrN2O3/c1-11(2,3)17-10(16)14-5-7-6(9(14)15)4-13-8(7)12/h4,13H,5H2,1-3H3. The maximum Gasteiger partial charge on any atom is 0.417 e. The Morgan fingerprint density at radius 2 is 2.18 bits per heavy atom. The molecule has 0 aliphatic carbocycles. The van der Waals surface area contributed by atoms with E-state index < -0.39 is 11.7 Å². The van der Waals surface area contributed by atoms with Crippen molar-refractivity contribution in [1.29, 1.82) is 0 Å². The third-order valence-electron chi connectivity index (χ3n) is 2.34. The van der Waals surface area contributed by atoms with Gasteiger partial charge in [0.25, 0.3) is 5.91 Å². The quantitative estimate of drug-likeness (QED) is 0.801. The number of H-pyrrole nitrogens is 1. The number of fused-ring (bicyclic) bond motifs is 1. The number of nitrogens with zero attached hydrogens (tertiary/aromatic N) is 1. The molecule has 0 atom stereocenters. The minimum absolute atomic E-state index is 0.243. The molecule has 5 nitrogen and oxygen atoms in total. The van der Waals surface area contributed by atoms with Gasteiger partial charge in [-0.05, 0) is 36.7 Å². The van der Waals surface area contributed by atoms with Crippen LogP contribution in [0.5, 0.6) is 0 Å². The van der Waals surface area contributed by atoms with E-state index in [0.717, 1.165) is 15.1 Å². The fraction of sp³-hybridized carbons (Fsp3) is 0.455. The van der Waals surface area contributed by atoms with E-state index in [9.17, 15) is 9.59 Å². The van der Waals surface area contributed by atoms with Gasteiger partial charge in [-0.2, -0.15) is 0 Å². The first kappa shape index (κ1) is 12.2. The number of imide groups is 1. The van der Waals surface area contributed by atoms with E-state index >= 15 is 0 Å². The highest BCUT2D eigenvalue weighted by Crippen LogP contribution is 2.29. The van der Waals surface area contributed by atoms with Crippen LogP contribution in [0, 0.1) is 0 Å².